The molecule has 2 N–H and O–H groups in total. The molecule has 110 valence electrons. The molecule has 0 unspecified atom stereocenters. The maximum Gasteiger partial charge on any atom is 0.291 e. The molecule has 0 amide bonds. The smallest absolute Gasteiger partial charge is 0.291 e. The summed E-state index contributed by atoms with van der Waals surface area (Å²) >= 11 is 0. The van der Waals surface area contributed by atoms with E-state index < -0.39 is 5.91 Å². The Kier molecular flexibility index (Phi) is 3.69. The van der Waals surface area contributed by atoms with Crippen LogP contribution in [-0.4, -0.2) is 46.2 Å². The summed E-state index contributed by atoms with van der Waals surface area (Å²) in [5.74, 6) is -0.931. The predicted molar refractivity (Wildman–Crippen MR) is 74.7 cm³/mol. The molecule has 0 fully saturated rings. The SMILES string of the molecule is O=C(C=C(O)c1nc[nH]n1)n1ncc(Cc2ccncc2)n1. The first-order chi connectivity index (χ1) is 10.7. The molecule has 22 heavy (non-hydrogen) atoms. The highest BCUT2D eigenvalue weighted by atomic mass is 16.3. The van der Waals surface area contributed by atoms with Crippen molar-refractivity contribution in [2.75, 3.05) is 0 Å². The van der Waals surface area contributed by atoms with Crippen LogP contribution in [0.1, 0.15) is 21.9 Å². The third-order valence-electron chi connectivity index (χ3n) is 2.78. The van der Waals surface area contributed by atoms with Gasteiger partial charge in [0.05, 0.1) is 18.0 Å². The van der Waals surface area contributed by atoms with Crippen LogP contribution < -0.4 is 0 Å². The predicted octanol–water partition coefficient (Wildman–Crippen LogP) is 0.621. The lowest BCUT2D eigenvalue weighted by molar-refractivity contribution is 0.0935. The number of pyridine rings is 1. The Morgan fingerprint density at radius 1 is 1.36 bits per heavy atom. The van der Waals surface area contributed by atoms with Gasteiger partial charge in [0.15, 0.2) is 5.76 Å². The van der Waals surface area contributed by atoms with E-state index in [0.29, 0.717) is 12.1 Å². The third kappa shape index (κ3) is 3.03. The first-order valence-corrected chi connectivity index (χ1v) is 6.33. The van der Waals surface area contributed by atoms with Gasteiger partial charge in [0, 0.05) is 18.8 Å². The maximum absolute atomic E-state index is 11.9. The summed E-state index contributed by atoms with van der Waals surface area (Å²) in [6, 6.07) is 3.71. The zero-order valence-corrected chi connectivity index (χ0v) is 11.3. The van der Waals surface area contributed by atoms with Crippen molar-refractivity contribution in [3.05, 3.63) is 60.2 Å². The number of hydrogen-bond donors (Lipinski definition) is 2. The number of rotatable bonds is 4. The molecule has 9 heteroatoms. The number of carbonyl (C=O) groups is 1. The molecule has 0 saturated carbocycles. The Balaban J connectivity index is 1.73. The van der Waals surface area contributed by atoms with Gasteiger partial charge in [-0.05, 0) is 17.7 Å². The number of carbonyl (C=O) groups excluding carboxylic acids is 1. The molecule has 0 atom stereocenters. The van der Waals surface area contributed by atoms with E-state index in [2.05, 4.69) is 30.4 Å². The number of allylic oxidation sites excluding steroid dienone is 1. The molecule has 0 saturated heterocycles. The van der Waals surface area contributed by atoms with Crippen molar-refractivity contribution in [3.63, 3.8) is 0 Å². The summed E-state index contributed by atoms with van der Waals surface area (Å²) in [5.41, 5.74) is 1.64. The van der Waals surface area contributed by atoms with Gasteiger partial charge in [-0.15, -0.1) is 9.90 Å². The van der Waals surface area contributed by atoms with Crippen molar-refractivity contribution in [1.29, 1.82) is 0 Å². The maximum atomic E-state index is 11.9. The van der Waals surface area contributed by atoms with Gasteiger partial charge < -0.3 is 5.11 Å². The van der Waals surface area contributed by atoms with Crippen molar-refractivity contribution in [2.45, 2.75) is 6.42 Å². The first-order valence-electron chi connectivity index (χ1n) is 6.33. The van der Waals surface area contributed by atoms with Crippen LogP contribution in [0.2, 0.25) is 0 Å². The van der Waals surface area contributed by atoms with Gasteiger partial charge >= 0.3 is 0 Å². The van der Waals surface area contributed by atoms with Crippen LogP contribution in [0.5, 0.6) is 0 Å². The zero-order chi connectivity index (χ0) is 15.4. The molecule has 3 rings (SSSR count). The van der Waals surface area contributed by atoms with Gasteiger partial charge in [0.1, 0.15) is 6.33 Å². The van der Waals surface area contributed by atoms with Gasteiger partial charge in [-0.25, -0.2) is 4.98 Å². The minimum atomic E-state index is -0.594. The molecule has 3 aromatic rings. The monoisotopic (exact) mass is 297 g/mol. The van der Waals surface area contributed by atoms with Crippen LogP contribution in [0.4, 0.5) is 0 Å². The van der Waals surface area contributed by atoms with Gasteiger partial charge in [0.2, 0.25) is 5.82 Å². The van der Waals surface area contributed by atoms with Gasteiger partial charge in [-0.3, -0.25) is 14.9 Å². The molecule has 3 aromatic heterocycles. The van der Waals surface area contributed by atoms with Crippen LogP contribution in [0.3, 0.4) is 0 Å². The number of nitrogens with one attached hydrogen (secondary N) is 1. The van der Waals surface area contributed by atoms with E-state index >= 15 is 0 Å². The number of aliphatic hydroxyl groups excluding tert-OH is 1. The Bertz CT molecular complexity index is 793. The molecule has 0 aliphatic carbocycles. The van der Waals surface area contributed by atoms with E-state index in [4.69, 9.17) is 0 Å². The first kappa shape index (κ1) is 13.6. The average Bonchev–Trinajstić information content (AvgIpc) is 3.19. The topological polar surface area (TPSA) is 122 Å². The second kappa shape index (κ2) is 5.95. The van der Waals surface area contributed by atoms with Crippen molar-refractivity contribution in [3.8, 4) is 0 Å². The minimum Gasteiger partial charge on any atom is -0.504 e. The number of hydrogen-bond acceptors (Lipinski definition) is 7. The standard InChI is InChI=1S/C13H11N7O2/c21-11(13-15-8-16-18-13)6-12(22)20-17-7-10(19-20)5-9-1-3-14-4-2-9/h1-4,6-8,21H,5H2,(H,15,16,18). The minimum absolute atomic E-state index is 0.0255. The molecule has 0 radical (unpaired) electrons. The van der Waals surface area contributed by atoms with Crippen molar-refractivity contribution in [2.24, 2.45) is 0 Å². The van der Waals surface area contributed by atoms with Gasteiger partial charge in [-0.2, -0.15) is 10.2 Å². The fourth-order valence-corrected chi connectivity index (χ4v) is 1.76. The number of nitrogens with zero attached hydrogens (tertiary/aromatic N) is 6. The highest BCUT2D eigenvalue weighted by Gasteiger charge is 2.11. The summed E-state index contributed by atoms with van der Waals surface area (Å²) in [7, 11) is 0. The Hall–Kier alpha value is -3.36. The van der Waals surface area contributed by atoms with Crippen LogP contribution in [0.15, 0.2) is 43.1 Å². The van der Waals surface area contributed by atoms with Crippen LogP contribution in [0.25, 0.3) is 5.76 Å². The Morgan fingerprint density at radius 2 is 2.18 bits per heavy atom. The van der Waals surface area contributed by atoms with E-state index in [1.54, 1.807) is 12.4 Å². The van der Waals surface area contributed by atoms with Gasteiger partial charge in [-0.1, -0.05) is 0 Å². The van der Waals surface area contributed by atoms with Crippen molar-refractivity contribution >= 4 is 11.7 Å². The number of aliphatic hydroxyl groups is 1. The summed E-state index contributed by atoms with van der Waals surface area (Å²) < 4.78 is 0. The fourth-order valence-electron chi connectivity index (χ4n) is 1.76. The number of aromatic nitrogens is 7. The van der Waals surface area contributed by atoms with E-state index in [9.17, 15) is 9.90 Å². The average molecular weight is 297 g/mol. The molecule has 3 heterocycles. The lowest BCUT2D eigenvalue weighted by Gasteiger charge is -1.96. The molecule has 0 spiro atoms. The van der Waals surface area contributed by atoms with Gasteiger partial charge in [0.25, 0.3) is 5.91 Å². The van der Waals surface area contributed by atoms with E-state index in [0.717, 1.165) is 16.4 Å². The fraction of sp³-hybridized carbons (Fsp3) is 0.0769. The second-order valence-electron chi connectivity index (χ2n) is 4.35. The summed E-state index contributed by atoms with van der Waals surface area (Å²) in [6.07, 6.45) is 7.65. The summed E-state index contributed by atoms with van der Waals surface area (Å²) in [6.45, 7) is 0. The summed E-state index contributed by atoms with van der Waals surface area (Å²) in [4.78, 5) is 20.5. The Labute approximate surface area is 124 Å². The molecule has 0 aliphatic heterocycles. The second-order valence-corrected chi connectivity index (χ2v) is 4.35. The van der Waals surface area contributed by atoms with Crippen molar-refractivity contribution < 1.29 is 9.90 Å². The van der Waals surface area contributed by atoms with E-state index in [-0.39, 0.29) is 11.6 Å². The van der Waals surface area contributed by atoms with Crippen molar-refractivity contribution in [1.82, 2.24) is 35.2 Å². The molecule has 0 aliphatic rings. The van der Waals surface area contributed by atoms with Crippen LogP contribution in [-0.2, 0) is 6.42 Å². The summed E-state index contributed by atoms with van der Waals surface area (Å²) in [5, 5.41) is 23.8. The third-order valence-corrected chi connectivity index (χ3v) is 2.78. The largest absolute Gasteiger partial charge is 0.504 e. The highest BCUT2D eigenvalue weighted by Crippen LogP contribution is 2.06. The Morgan fingerprint density at radius 3 is 2.91 bits per heavy atom. The molecular weight excluding hydrogens is 286 g/mol. The lowest BCUT2D eigenvalue weighted by atomic mass is 10.2. The number of aromatic amines is 1. The normalized spacial score (nSPS) is 11.5. The molecular formula is C13H11N7O2. The van der Waals surface area contributed by atoms with E-state index in [1.807, 2.05) is 12.1 Å². The van der Waals surface area contributed by atoms with Crippen LogP contribution in [0, 0.1) is 0 Å². The quantitative estimate of drug-likeness (QED) is 0.534. The molecule has 0 aromatic carbocycles. The van der Waals surface area contributed by atoms with Crippen LogP contribution >= 0.6 is 0 Å². The zero-order valence-electron chi connectivity index (χ0n) is 11.3. The van der Waals surface area contributed by atoms with E-state index in [1.165, 1.54) is 12.5 Å². The number of H-pyrrole nitrogens is 1. The molecule has 9 nitrogen and oxygen atoms in total. The molecule has 0 bridgehead atoms. The highest BCUT2D eigenvalue weighted by molar-refractivity contribution is 5.93. The lowest BCUT2D eigenvalue weighted by Crippen LogP contribution is -2.12.